The Kier molecular flexibility index (Phi) is 19.0. The summed E-state index contributed by atoms with van der Waals surface area (Å²) in [6.07, 6.45) is 6.26. The minimum atomic E-state index is -2.15. The van der Waals surface area contributed by atoms with Crippen LogP contribution >= 0.6 is 0 Å². The fourth-order valence-corrected chi connectivity index (χ4v) is 14.9. The summed E-state index contributed by atoms with van der Waals surface area (Å²) in [5.74, 6) is -5.46. The zero-order chi connectivity index (χ0) is 56.2. The van der Waals surface area contributed by atoms with Gasteiger partial charge in [0.1, 0.15) is 24.4 Å². The fraction of sp³-hybridized carbons (Fsp3) is 0.754. The van der Waals surface area contributed by atoms with Gasteiger partial charge >= 0.3 is 12.3 Å². The van der Waals surface area contributed by atoms with Crippen molar-refractivity contribution in [3.63, 3.8) is 0 Å². The molecule has 0 unspecified atom stereocenters. The SMILES string of the molecule is CCC[C@H](O)[C@@]1(F)[C@H]([C@@H]2C[C@@H](C)[C@](O)(C(=O)COC(=O)OCCOCCOCCOCCOCCOC(=O)OCC(=O)[C@@]3(O)[C@H](C)C[C@H]4[C@@H]5CCC6=CC(=O)C=C[C@]6(C)[C@@]5(F)[C@@H](O)C[C@@]43C)C2)CCC2=CC(=O)C=C[C@@]21C. The highest BCUT2D eigenvalue weighted by Gasteiger charge is 2.76. The summed E-state index contributed by atoms with van der Waals surface area (Å²) < 4.78 is 77.0. The van der Waals surface area contributed by atoms with E-state index in [-0.39, 0.29) is 96.9 Å². The molecule has 5 saturated carbocycles. The third-order valence-electron chi connectivity index (χ3n) is 19.1. The fourth-order valence-electron chi connectivity index (χ4n) is 14.9. The van der Waals surface area contributed by atoms with Crippen molar-refractivity contribution in [2.45, 2.75) is 140 Å². The molecule has 0 aliphatic heterocycles. The molecule has 20 heteroatoms. The molecule has 5 fully saturated rings. The molecule has 0 aromatic rings. The smallest absolute Gasteiger partial charge is 0.432 e. The van der Waals surface area contributed by atoms with E-state index >= 15 is 8.78 Å². The lowest BCUT2D eigenvalue weighted by molar-refractivity contribution is -0.219. The van der Waals surface area contributed by atoms with E-state index in [1.807, 2.05) is 6.92 Å². The topological polar surface area (TPSA) is 257 Å². The molecule has 77 heavy (non-hydrogen) atoms. The zero-order valence-electron chi connectivity index (χ0n) is 45.4. The number of ketones is 4. The van der Waals surface area contributed by atoms with Gasteiger partial charge in [0.15, 0.2) is 36.1 Å². The van der Waals surface area contributed by atoms with Gasteiger partial charge in [-0.05, 0) is 126 Å². The molecule has 7 aliphatic carbocycles. The summed E-state index contributed by atoms with van der Waals surface area (Å²) in [4.78, 5) is 76.1. The van der Waals surface area contributed by atoms with Crippen LogP contribution in [0.15, 0.2) is 47.6 Å². The van der Waals surface area contributed by atoms with Gasteiger partial charge in [-0.2, -0.15) is 0 Å². The minimum absolute atomic E-state index is 0.00648. The molecular formula is C57H80F2O18. The molecule has 0 radical (unpaired) electrons. The third kappa shape index (κ3) is 11.2. The van der Waals surface area contributed by atoms with E-state index in [0.29, 0.717) is 56.1 Å². The van der Waals surface area contributed by atoms with Crippen molar-refractivity contribution in [2.75, 3.05) is 79.3 Å². The van der Waals surface area contributed by atoms with Crippen LogP contribution < -0.4 is 0 Å². The maximum Gasteiger partial charge on any atom is 0.508 e. The number of hydrogen-bond donors (Lipinski definition) is 4. The van der Waals surface area contributed by atoms with Crippen LogP contribution in [0.2, 0.25) is 0 Å². The van der Waals surface area contributed by atoms with E-state index in [4.69, 9.17) is 37.9 Å². The first-order valence-corrected chi connectivity index (χ1v) is 27.4. The number of aliphatic hydroxyl groups excluding tert-OH is 2. The van der Waals surface area contributed by atoms with Crippen molar-refractivity contribution in [2.24, 2.45) is 51.8 Å². The quantitative estimate of drug-likeness (QED) is 0.0606. The van der Waals surface area contributed by atoms with Crippen LogP contribution in [0, 0.1) is 51.8 Å². The van der Waals surface area contributed by atoms with E-state index in [2.05, 4.69) is 0 Å². The molecule has 0 heterocycles. The molecule has 4 N–H and O–H groups in total. The molecule has 7 aliphatic rings. The largest absolute Gasteiger partial charge is 0.508 e. The summed E-state index contributed by atoms with van der Waals surface area (Å²) in [5, 5.41) is 46.6. The van der Waals surface area contributed by atoms with Crippen molar-refractivity contribution in [1.29, 1.82) is 0 Å². The number of rotatable bonds is 25. The maximum absolute atomic E-state index is 17.7. The molecule has 0 saturated heterocycles. The highest BCUT2D eigenvalue weighted by molar-refractivity contribution is 6.02. The number of Topliss-reactive ketones (excluding diaryl/α,β-unsaturated/α-hetero) is 2. The van der Waals surface area contributed by atoms with Gasteiger partial charge in [-0.3, -0.25) is 19.2 Å². The number of ether oxygens (including phenoxy) is 8. The molecule has 15 atom stereocenters. The lowest BCUT2D eigenvalue weighted by Gasteiger charge is -2.62. The van der Waals surface area contributed by atoms with Crippen LogP contribution in [0.25, 0.3) is 0 Å². The van der Waals surface area contributed by atoms with E-state index in [1.165, 1.54) is 24.3 Å². The highest BCUT2D eigenvalue weighted by atomic mass is 19.1. The van der Waals surface area contributed by atoms with Gasteiger partial charge in [0, 0.05) is 22.2 Å². The standard InChI is InChI=1S/C57H80F2O18/c1-7-8-45(62)55(58)42(11-9-38-29-40(60)13-15-51(38,55)4)37-27-35(2)54(68,31-37)47(64)33-76-49(66)74-25-23-72-21-19-70-17-18-71-20-22-73-24-26-75-50(67)77-34-48(65)57(69)36(3)28-44-43-12-10-39-30-41(61)14-16-52(39,5)56(43,59)46(63)32-53(44,57)6/h13-16,29-30,35-37,42-46,62-63,68-69H,7-12,17-28,31-34H2,1-6H3/t35-,36-,37-,42+,43+,44+,45+,46+,51+,52+,53+,54+,55+,56+,57+/m1/s1. The second-order valence-electron chi connectivity index (χ2n) is 23.1. The van der Waals surface area contributed by atoms with Gasteiger partial charge in [-0.1, -0.05) is 57.4 Å². The molecule has 7 rings (SSSR count). The van der Waals surface area contributed by atoms with Gasteiger partial charge < -0.3 is 58.3 Å². The Balaban J connectivity index is 0.696. The molecular weight excluding hydrogens is 1010 g/mol. The summed E-state index contributed by atoms with van der Waals surface area (Å²) >= 11 is 0. The van der Waals surface area contributed by atoms with Crippen LogP contribution in [-0.4, -0.2) is 170 Å². The normalized spacial score (nSPS) is 38.4. The Morgan fingerprint density at radius 2 is 1.13 bits per heavy atom. The second kappa shape index (κ2) is 24.2. The molecule has 430 valence electrons. The first kappa shape index (κ1) is 60.4. The summed E-state index contributed by atoms with van der Waals surface area (Å²) in [7, 11) is 0. The number of carbonyl (C=O) groups is 6. The molecule has 0 aromatic carbocycles. The van der Waals surface area contributed by atoms with Crippen LogP contribution in [0.1, 0.15) is 106 Å². The monoisotopic (exact) mass is 1090 g/mol. The van der Waals surface area contributed by atoms with Crippen molar-refractivity contribution in [1.82, 2.24) is 0 Å². The summed E-state index contributed by atoms with van der Waals surface area (Å²) in [6.45, 7) is 9.78. The lowest BCUT2D eigenvalue weighted by atomic mass is 9.44. The molecule has 18 nitrogen and oxygen atoms in total. The minimum Gasteiger partial charge on any atom is -0.432 e. The van der Waals surface area contributed by atoms with Gasteiger partial charge in [0.25, 0.3) is 0 Å². The molecule has 0 amide bonds. The first-order valence-electron chi connectivity index (χ1n) is 27.4. The van der Waals surface area contributed by atoms with Crippen LogP contribution in [0.3, 0.4) is 0 Å². The second-order valence-corrected chi connectivity index (χ2v) is 23.1. The Bertz CT molecular complexity index is 2340. The number of halogens is 2. The number of fused-ring (bicyclic) bond motifs is 6. The van der Waals surface area contributed by atoms with Crippen molar-refractivity contribution >= 4 is 35.4 Å². The van der Waals surface area contributed by atoms with Gasteiger partial charge in [0.05, 0.1) is 65.1 Å². The number of allylic oxidation sites excluding steroid dienone is 8. The van der Waals surface area contributed by atoms with Gasteiger partial charge in [-0.25, -0.2) is 18.4 Å². The first-order chi connectivity index (χ1) is 36.4. The van der Waals surface area contributed by atoms with Crippen molar-refractivity contribution in [3.05, 3.63) is 47.6 Å². The number of hydrogen-bond acceptors (Lipinski definition) is 18. The van der Waals surface area contributed by atoms with Gasteiger partial charge in [0.2, 0.25) is 11.6 Å². The number of alkyl halides is 2. The van der Waals surface area contributed by atoms with E-state index in [1.54, 1.807) is 46.8 Å². The Labute approximate surface area is 449 Å². The average molecular weight is 1090 g/mol. The Hall–Kier alpha value is -4.28. The van der Waals surface area contributed by atoms with E-state index in [9.17, 15) is 49.2 Å². The van der Waals surface area contributed by atoms with Crippen molar-refractivity contribution in [3.8, 4) is 0 Å². The van der Waals surface area contributed by atoms with Gasteiger partial charge in [-0.15, -0.1) is 0 Å². The van der Waals surface area contributed by atoms with Crippen molar-refractivity contribution < 1.29 is 95.9 Å². The molecule has 0 spiro atoms. The summed E-state index contributed by atoms with van der Waals surface area (Å²) in [6, 6.07) is 0. The number of carbonyl (C=O) groups excluding carboxylic acids is 6. The third-order valence-corrected chi connectivity index (χ3v) is 19.1. The molecule has 0 aromatic heterocycles. The predicted octanol–water partition coefficient (Wildman–Crippen LogP) is 5.97. The Morgan fingerprint density at radius 1 is 0.649 bits per heavy atom. The average Bonchev–Trinajstić information content (AvgIpc) is 3.95. The Morgan fingerprint density at radius 3 is 1.66 bits per heavy atom. The van der Waals surface area contributed by atoms with Crippen LogP contribution in [-0.2, 0) is 57.1 Å². The van der Waals surface area contributed by atoms with E-state index < -0.39 is 124 Å². The summed E-state index contributed by atoms with van der Waals surface area (Å²) in [5.41, 5.74) is -10.5. The number of aliphatic hydroxyl groups is 4. The highest BCUT2D eigenvalue weighted by Crippen LogP contribution is 2.71. The van der Waals surface area contributed by atoms with Crippen LogP contribution in [0.5, 0.6) is 0 Å². The lowest BCUT2D eigenvalue weighted by Crippen LogP contribution is -2.69. The zero-order valence-corrected chi connectivity index (χ0v) is 45.4. The van der Waals surface area contributed by atoms with Crippen LogP contribution in [0.4, 0.5) is 18.4 Å². The molecule has 0 bridgehead atoms. The maximum atomic E-state index is 17.7. The predicted molar refractivity (Wildman–Crippen MR) is 270 cm³/mol. The van der Waals surface area contributed by atoms with E-state index in [0.717, 1.165) is 0 Å².